The molecule has 5 nitrogen and oxygen atoms in total. The van der Waals surface area contributed by atoms with E-state index in [1.165, 1.54) is 0 Å². The van der Waals surface area contributed by atoms with Crippen LogP contribution in [0.2, 0.25) is 5.02 Å². The fourth-order valence-electron chi connectivity index (χ4n) is 3.42. The molecule has 1 N–H and O–H groups in total. The first-order chi connectivity index (χ1) is 10.9. The van der Waals surface area contributed by atoms with Gasteiger partial charge in [-0.25, -0.2) is 0 Å². The van der Waals surface area contributed by atoms with Crippen LogP contribution in [-0.4, -0.2) is 68.5 Å². The van der Waals surface area contributed by atoms with Crippen molar-refractivity contribution in [3.05, 3.63) is 22.7 Å². The third-order valence-electron chi connectivity index (χ3n) is 4.16. The summed E-state index contributed by atoms with van der Waals surface area (Å²) in [7, 11) is 7.21. The van der Waals surface area contributed by atoms with Crippen LogP contribution < -0.4 is 9.47 Å². The first-order valence-corrected chi connectivity index (χ1v) is 8.24. The van der Waals surface area contributed by atoms with Crippen molar-refractivity contribution in [2.45, 2.75) is 25.0 Å². The Balaban J connectivity index is 2.17. The molecular formula is C17H27ClN2O3. The maximum atomic E-state index is 10.8. The van der Waals surface area contributed by atoms with Crippen LogP contribution in [0, 0.1) is 0 Å². The van der Waals surface area contributed by atoms with Gasteiger partial charge in [0.15, 0.2) is 11.5 Å². The Morgan fingerprint density at radius 1 is 1.30 bits per heavy atom. The number of likely N-dealkylation sites (tertiary alicyclic amines) is 1. The highest BCUT2D eigenvalue weighted by atomic mass is 35.5. The van der Waals surface area contributed by atoms with E-state index in [4.69, 9.17) is 21.1 Å². The van der Waals surface area contributed by atoms with E-state index >= 15 is 0 Å². The molecule has 1 atom stereocenters. The number of aliphatic hydroxyl groups is 1. The summed E-state index contributed by atoms with van der Waals surface area (Å²) < 4.78 is 10.9. The van der Waals surface area contributed by atoms with Gasteiger partial charge in [0.2, 0.25) is 0 Å². The van der Waals surface area contributed by atoms with Gasteiger partial charge in [0.25, 0.3) is 0 Å². The summed E-state index contributed by atoms with van der Waals surface area (Å²) in [5.74, 6) is 1.34. The van der Waals surface area contributed by atoms with Crippen molar-refractivity contribution in [1.29, 1.82) is 0 Å². The van der Waals surface area contributed by atoms with E-state index in [0.29, 0.717) is 36.2 Å². The van der Waals surface area contributed by atoms with Gasteiger partial charge in [0.1, 0.15) is 0 Å². The van der Waals surface area contributed by atoms with Crippen molar-refractivity contribution in [3.8, 4) is 11.5 Å². The van der Waals surface area contributed by atoms with Crippen molar-refractivity contribution in [3.63, 3.8) is 0 Å². The molecule has 130 valence electrons. The van der Waals surface area contributed by atoms with Crippen LogP contribution in [0.4, 0.5) is 0 Å². The van der Waals surface area contributed by atoms with Gasteiger partial charge in [-0.05, 0) is 39.5 Å². The van der Waals surface area contributed by atoms with Crippen molar-refractivity contribution in [2.24, 2.45) is 0 Å². The van der Waals surface area contributed by atoms with E-state index in [1.54, 1.807) is 20.3 Å². The van der Waals surface area contributed by atoms with E-state index in [2.05, 4.69) is 4.90 Å². The molecule has 0 unspecified atom stereocenters. The zero-order valence-electron chi connectivity index (χ0n) is 14.4. The molecule has 0 aliphatic carbocycles. The normalized spacial score (nSPS) is 22.4. The first kappa shape index (κ1) is 18.3. The lowest BCUT2D eigenvalue weighted by atomic mass is 9.92. The molecule has 1 heterocycles. The number of rotatable bonds is 6. The molecule has 0 bridgehead atoms. The monoisotopic (exact) mass is 342 g/mol. The number of hydrogen-bond donors (Lipinski definition) is 1. The number of β-amino-alcohol motifs (C(OH)–C–C–N with tert-alkyl or cyclic N) is 1. The first-order valence-electron chi connectivity index (χ1n) is 7.87. The van der Waals surface area contributed by atoms with Gasteiger partial charge in [-0.1, -0.05) is 11.6 Å². The van der Waals surface area contributed by atoms with Crippen molar-refractivity contribution >= 4 is 11.6 Å². The zero-order valence-corrected chi connectivity index (χ0v) is 15.2. The molecule has 0 spiro atoms. The highest BCUT2D eigenvalue weighted by Crippen LogP contribution is 2.36. The number of halogens is 1. The standard InChI is InChI=1S/C17H27ClN2O3/c1-19(2)11-17(21)6-5-7-20(12-17)10-13-8-14(18)9-15(22-3)16(13)23-4/h8-9,21H,5-7,10-12H2,1-4H3/t17-/m1/s1. The van der Waals surface area contributed by atoms with Crippen molar-refractivity contribution < 1.29 is 14.6 Å². The summed E-state index contributed by atoms with van der Waals surface area (Å²) in [6, 6.07) is 3.66. The Morgan fingerprint density at radius 3 is 2.65 bits per heavy atom. The molecule has 23 heavy (non-hydrogen) atoms. The number of ether oxygens (including phenoxy) is 2. The zero-order chi connectivity index (χ0) is 17.0. The van der Waals surface area contributed by atoms with E-state index in [-0.39, 0.29) is 0 Å². The highest BCUT2D eigenvalue weighted by molar-refractivity contribution is 6.30. The van der Waals surface area contributed by atoms with Gasteiger partial charge in [-0.15, -0.1) is 0 Å². The molecule has 1 aromatic carbocycles. The van der Waals surface area contributed by atoms with Crippen LogP contribution >= 0.6 is 11.6 Å². The van der Waals surface area contributed by atoms with Gasteiger partial charge >= 0.3 is 0 Å². The molecule has 1 fully saturated rings. The number of likely N-dealkylation sites (N-methyl/N-ethyl adjacent to an activating group) is 1. The Labute approximate surface area is 143 Å². The third kappa shape index (κ3) is 4.73. The SMILES string of the molecule is COc1cc(Cl)cc(CN2CCC[C@@](O)(CN(C)C)C2)c1OC. The maximum Gasteiger partial charge on any atom is 0.165 e. The number of methoxy groups -OCH3 is 2. The molecule has 0 amide bonds. The predicted molar refractivity (Wildman–Crippen MR) is 92.6 cm³/mol. The second-order valence-electron chi connectivity index (χ2n) is 6.58. The summed E-state index contributed by atoms with van der Waals surface area (Å²) in [6.45, 7) is 2.94. The minimum absolute atomic E-state index is 0.623. The molecule has 0 radical (unpaired) electrons. The minimum Gasteiger partial charge on any atom is -0.493 e. The van der Waals surface area contributed by atoms with Gasteiger partial charge in [-0.3, -0.25) is 4.90 Å². The molecule has 2 rings (SSSR count). The lowest BCUT2D eigenvalue weighted by Gasteiger charge is -2.40. The van der Waals surface area contributed by atoms with Crippen LogP contribution in [-0.2, 0) is 6.54 Å². The van der Waals surface area contributed by atoms with Gasteiger partial charge < -0.3 is 19.5 Å². The number of nitrogens with zero attached hydrogens (tertiary/aromatic N) is 2. The van der Waals surface area contributed by atoms with Gasteiger partial charge in [-0.2, -0.15) is 0 Å². The third-order valence-corrected chi connectivity index (χ3v) is 4.38. The number of hydrogen-bond acceptors (Lipinski definition) is 5. The average molecular weight is 343 g/mol. The van der Waals surface area contributed by atoms with E-state index < -0.39 is 5.60 Å². The largest absolute Gasteiger partial charge is 0.493 e. The van der Waals surface area contributed by atoms with Crippen molar-refractivity contribution in [1.82, 2.24) is 9.80 Å². The second kappa shape index (κ2) is 7.71. The molecule has 1 aromatic rings. The Bertz CT molecular complexity index is 539. The summed E-state index contributed by atoms with van der Waals surface area (Å²) in [6.07, 6.45) is 1.81. The second-order valence-corrected chi connectivity index (χ2v) is 7.01. The fraction of sp³-hybridized carbons (Fsp3) is 0.647. The van der Waals surface area contributed by atoms with Crippen molar-refractivity contribution in [2.75, 3.05) is 47.9 Å². The number of benzene rings is 1. The predicted octanol–water partition coefficient (Wildman–Crippen LogP) is 2.25. The lowest BCUT2D eigenvalue weighted by molar-refractivity contribution is -0.0481. The Hall–Kier alpha value is -1.01. The van der Waals surface area contributed by atoms with Crippen LogP contribution in [0.25, 0.3) is 0 Å². The molecule has 1 saturated heterocycles. The molecule has 0 saturated carbocycles. The van der Waals surface area contributed by atoms with Crippen LogP contribution in [0.3, 0.4) is 0 Å². The van der Waals surface area contributed by atoms with Crippen LogP contribution in [0.1, 0.15) is 18.4 Å². The molecule has 6 heteroatoms. The lowest BCUT2D eigenvalue weighted by Crippen LogP contribution is -2.52. The van der Waals surface area contributed by atoms with Crippen LogP contribution in [0.15, 0.2) is 12.1 Å². The summed E-state index contributed by atoms with van der Waals surface area (Å²) in [5.41, 5.74) is 0.309. The molecule has 1 aliphatic heterocycles. The summed E-state index contributed by atoms with van der Waals surface area (Å²) in [5, 5.41) is 11.4. The quantitative estimate of drug-likeness (QED) is 0.859. The van der Waals surface area contributed by atoms with Gasteiger partial charge in [0, 0.05) is 36.3 Å². The minimum atomic E-state index is -0.669. The topological polar surface area (TPSA) is 45.2 Å². The molecule has 1 aliphatic rings. The summed E-state index contributed by atoms with van der Waals surface area (Å²) >= 11 is 6.19. The van der Waals surface area contributed by atoms with E-state index in [9.17, 15) is 5.11 Å². The maximum absolute atomic E-state index is 10.8. The highest BCUT2D eigenvalue weighted by Gasteiger charge is 2.34. The summed E-state index contributed by atoms with van der Waals surface area (Å²) in [4.78, 5) is 4.28. The average Bonchev–Trinajstić information content (AvgIpc) is 2.45. The Morgan fingerprint density at radius 2 is 2.04 bits per heavy atom. The molecule has 0 aromatic heterocycles. The smallest absolute Gasteiger partial charge is 0.165 e. The number of piperidine rings is 1. The van der Waals surface area contributed by atoms with E-state index in [1.807, 2.05) is 25.1 Å². The Kier molecular flexibility index (Phi) is 6.14. The van der Waals surface area contributed by atoms with Gasteiger partial charge in [0.05, 0.1) is 19.8 Å². The molecular weight excluding hydrogens is 316 g/mol. The van der Waals surface area contributed by atoms with Crippen LogP contribution in [0.5, 0.6) is 11.5 Å². The van der Waals surface area contributed by atoms with E-state index in [0.717, 1.165) is 24.9 Å². The fourth-order valence-corrected chi connectivity index (χ4v) is 3.65.